The third-order valence-electron chi connectivity index (χ3n) is 2.91. The molecule has 5 nitrogen and oxygen atoms in total. The van der Waals surface area contributed by atoms with Crippen molar-refractivity contribution in [3.05, 3.63) is 23.8 Å². The van der Waals surface area contributed by atoms with Crippen LogP contribution < -0.4 is 10.6 Å². The molecule has 1 saturated heterocycles. The van der Waals surface area contributed by atoms with E-state index in [1.807, 2.05) is 6.07 Å². The minimum atomic E-state index is -0.0640. The molecule has 2 rings (SSSR count). The second-order valence-electron chi connectivity index (χ2n) is 4.14. The van der Waals surface area contributed by atoms with Crippen LogP contribution >= 0.6 is 0 Å². The Kier molecular flexibility index (Phi) is 2.98. The van der Waals surface area contributed by atoms with E-state index in [9.17, 15) is 4.79 Å². The van der Waals surface area contributed by atoms with Crippen LogP contribution in [0.2, 0.25) is 0 Å². The standard InChI is InChI=1S/C12H13N3O2/c13-5-8-1-2-10(14)11(3-8)15-6-9(7-16)4-12(15)17/h1-3,9,16H,4,6-7,14H2. The second-order valence-corrected chi connectivity index (χ2v) is 4.14. The van der Waals surface area contributed by atoms with Gasteiger partial charge in [0.25, 0.3) is 0 Å². The fourth-order valence-electron chi connectivity index (χ4n) is 1.98. The fourth-order valence-corrected chi connectivity index (χ4v) is 1.98. The summed E-state index contributed by atoms with van der Waals surface area (Å²) in [6, 6.07) is 6.85. The van der Waals surface area contributed by atoms with E-state index in [1.165, 1.54) is 4.90 Å². The van der Waals surface area contributed by atoms with Crippen molar-refractivity contribution in [3.8, 4) is 6.07 Å². The largest absolute Gasteiger partial charge is 0.397 e. The monoisotopic (exact) mass is 231 g/mol. The third-order valence-corrected chi connectivity index (χ3v) is 2.91. The number of aliphatic hydroxyl groups excluding tert-OH is 1. The quantitative estimate of drug-likeness (QED) is 0.724. The van der Waals surface area contributed by atoms with Gasteiger partial charge in [0.05, 0.1) is 23.0 Å². The molecule has 1 unspecified atom stereocenters. The molecular formula is C12H13N3O2. The maximum atomic E-state index is 11.8. The number of nitriles is 1. The topological polar surface area (TPSA) is 90.3 Å². The van der Waals surface area contributed by atoms with Gasteiger partial charge >= 0.3 is 0 Å². The van der Waals surface area contributed by atoms with Crippen LogP contribution in [0.4, 0.5) is 11.4 Å². The van der Waals surface area contributed by atoms with E-state index in [2.05, 4.69) is 0 Å². The Balaban J connectivity index is 2.34. The van der Waals surface area contributed by atoms with E-state index in [1.54, 1.807) is 18.2 Å². The van der Waals surface area contributed by atoms with E-state index >= 15 is 0 Å². The minimum absolute atomic E-state index is 0.0138. The predicted molar refractivity (Wildman–Crippen MR) is 63.1 cm³/mol. The average molecular weight is 231 g/mol. The van der Waals surface area contributed by atoms with Gasteiger partial charge in [-0.25, -0.2) is 0 Å². The molecule has 0 saturated carbocycles. The molecule has 17 heavy (non-hydrogen) atoms. The van der Waals surface area contributed by atoms with E-state index in [-0.39, 0.29) is 18.4 Å². The number of amides is 1. The summed E-state index contributed by atoms with van der Waals surface area (Å²) in [7, 11) is 0. The number of hydrogen-bond donors (Lipinski definition) is 2. The number of nitrogen functional groups attached to an aromatic ring is 1. The molecule has 1 atom stereocenters. The number of carbonyl (C=O) groups is 1. The molecule has 1 heterocycles. The summed E-state index contributed by atoms with van der Waals surface area (Å²) in [6.07, 6.45) is 0.326. The number of nitrogens with zero attached hydrogens (tertiary/aromatic N) is 2. The number of hydrogen-bond acceptors (Lipinski definition) is 4. The molecule has 1 aromatic carbocycles. The molecule has 1 fully saturated rings. The van der Waals surface area contributed by atoms with Crippen molar-refractivity contribution < 1.29 is 9.90 Å². The van der Waals surface area contributed by atoms with E-state index in [0.717, 1.165) is 0 Å². The zero-order valence-electron chi connectivity index (χ0n) is 9.26. The van der Waals surface area contributed by atoms with Crippen molar-refractivity contribution >= 4 is 17.3 Å². The maximum Gasteiger partial charge on any atom is 0.227 e. The summed E-state index contributed by atoms with van der Waals surface area (Å²) in [5.41, 5.74) is 7.30. The van der Waals surface area contributed by atoms with Crippen LogP contribution in [0.15, 0.2) is 18.2 Å². The van der Waals surface area contributed by atoms with Gasteiger partial charge in [-0.3, -0.25) is 4.79 Å². The highest BCUT2D eigenvalue weighted by molar-refractivity contribution is 5.98. The Morgan fingerprint density at radius 2 is 2.35 bits per heavy atom. The first-order valence-electron chi connectivity index (χ1n) is 5.36. The van der Waals surface area contributed by atoms with E-state index in [4.69, 9.17) is 16.1 Å². The van der Waals surface area contributed by atoms with Crippen molar-refractivity contribution in [2.45, 2.75) is 6.42 Å². The molecular weight excluding hydrogens is 218 g/mol. The smallest absolute Gasteiger partial charge is 0.227 e. The first-order valence-corrected chi connectivity index (χ1v) is 5.36. The first kappa shape index (κ1) is 11.4. The number of nitrogens with two attached hydrogens (primary N) is 1. The number of anilines is 2. The molecule has 1 aliphatic heterocycles. The van der Waals surface area contributed by atoms with Gasteiger partial charge in [-0.1, -0.05) is 0 Å². The zero-order valence-corrected chi connectivity index (χ0v) is 9.26. The zero-order chi connectivity index (χ0) is 12.4. The Morgan fingerprint density at radius 1 is 1.59 bits per heavy atom. The third kappa shape index (κ3) is 2.08. The minimum Gasteiger partial charge on any atom is -0.397 e. The molecule has 0 aromatic heterocycles. The van der Waals surface area contributed by atoms with Crippen molar-refractivity contribution in [1.82, 2.24) is 0 Å². The lowest BCUT2D eigenvalue weighted by molar-refractivity contribution is -0.117. The van der Waals surface area contributed by atoms with Gasteiger partial charge in [-0.05, 0) is 18.2 Å². The van der Waals surface area contributed by atoms with Crippen LogP contribution in [0, 0.1) is 17.2 Å². The van der Waals surface area contributed by atoms with Gasteiger partial charge < -0.3 is 15.7 Å². The maximum absolute atomic E-state index is 11.8. The van der Waals surface area contributed by atoms with Crippen LogP contribution in [-0.2, 0) is 4.79 Å². The molecule has 3 N–H and O–H groups in total. The molecule has 0 radical (unpaired) electrons. The lowest BCUT2D eigenvalue weighted by atomic mass is 10.1. The van der Waals surface area contributed by atoms with Crippen molar-refractivity contribution in [2.75, 3.05) is 23.8 Å². The van der Waals surface area contributed by atoms with Crippen molar-refractivity contribution in [1.29, 1.82) is 5.26 Å². The Labute approximate surface area is 99.1 Å². The molecule has 88 valence electrons. The van der Waals surface area contributed by atoms with Gasteiger partial charge in [0, 0.05) is 25.5 Å². The molecule has 0 spiro atoms. The highest BCUT2D eigenvalue weighted by atomic mass is 16.3. The van der Waals surface area contributed by atoms with Gasteiger partial charge in [-0.15, -0.1) is 0 Å². The normalized spacial score (nSPS) is 19.4. The number of benzene rings is 1. The fraction of sp³-hybridized carbons (Fsp3) is 0.333. The summed E-state index contributed by atoms with van der Waals surface area (Å²) in [4.78, 5) is 13.3. The van der Waals surface area contributed by atoms with Crippen LogP contribution in [0.25, 0.3) is 0 Å². The molecule has 1 aromatic rings. The number of aliphatic hydroxyl groups is 1. The summed E-state index contributed by atoms with van der Waals surface area (Å²) < 4.78 is 0. The number of rotatable bonds is 2. The summed E-state index contributed by atoms with van der Waals surface area (Å²) in [5, 5.41) is 17.9. The van der Waals surface area contributed by atoms with Gasteiger partial charge in [0.15, 0.2) is 0 Å². The van der Waals surface area contributed by atoms with Gasteiger partial charge in [0.1, 0.15) is 0 Å². The molecule has 1 aliphatic rings. The summed E-state index contributed by atoms with van der Waals surface area (Å²) >= 11 is 0. The van der Waals surface area contributed by atoms with Gasteiger partial charge in [-0.2, -0.15) is 5.26 Å². The SMILES string of the molecule is N#Cc1ccc(N)c(N2CC(CO)CC2=O)c1. The van der Waals surface area contributed by atoms with E-state index < -0.39 is 0 Å². The van der Waals surface area contributed by atoms with Gasteiger partial charge in [0.2, 0.25) is 5.91 Å². The Bertz CT molecular complexity index is 493. The lowest BCUT2D eigenvalue weighted by Crippen LogP contribution is -2.25. The molecule has 5 heteroatoms. The highest BCUT2D eigenvalue weighted by Gasteiger charge is 2.31. The lowest BCUT2D eigenvalue weighted by Gasteiger charge is -2.18. The highest BCUT2D eigenvalue weighted by Crippen LogP contribution is 2.30. The summed E-state index contributed by atoms with van der Waals surface area (Å²) in [6.45, 7) is 0.439. The van der Waals surface area contributed by atoms with Crippen molar-refractivity contribution in [2.24, 2.45) is 5.92 Å². The number of carbonyl (C=O) groups excluding carboxylic acids is 1. The Hall–Kier alpha value is -2.06. The molecule has 1 amide bonds. The van der Waals surface area contributed by atoms with Crippen molar-refractivity contribution in [3.63, 3.8) is 0 Å². The molecule has 0 aliphatic carbocycles. The van der Waals surface area contributed by atoms with Crippen LogP contribution in [0.1, 0.15) is 12.0 Å². The first-order chi connectivity index (χ1) is 8.15. The second kappa shape index (κ2) is 4.44. The average Bonchev–Trinajstić information content (AvgIpc) is 2.71. The van der Waals surface area contributed by atoms with E-state index in [0.29, 0.717) is 29.9 Å². The molecule has 0 bridgehead atoms. The van der Waals surface area contributed by atoms with Crippen LogP contribution in [0.3, 0.4) is 0 Å². The predicted octanol–water partition coefficient (Wildman–Crippen LogP) is 0.486. The summed E-state index contributed by atoms with van der Waals surface area (Å²) in [5.74, 6) is -0.113. The van der Waals surface area contributed by atoms with Crippen LogP contribution in [-0.4, -0.2) is 24.2 Å². The Morgan fingerprint density at radius 3 is 2.94 bits per heavy atom. The van der Waals surface area contributed by atoms with Crippen LogP contribution in [0.5, 0.6) is 0 Å².